The highest BCUT2D eigenvalue weighted by Gasteiger charge is 2.30. The number of esters is 4. The van der Waals surface area contributed by atoms with Gasteiger partial charge < -0.3 is 33.8 Å². The van der Waals surface area contributed by atoms with Crippen molar-refractivity contribution in [3.8, 4) is 0 Å². The van der Waals surface area contributed by atoms with E-state index in [0.29, 0.717) is 25.7 Å². The molecule has 3 N–H and O–H groups in total. The van der Waals surface area contributed by atoms with E-state index in [0.717, 1.165) is 108 Å². The second kappa shape index (κ2) is 68.5. The third-order valence-corrected chi connectivity index (χ3v) is 21.1. The minimum absolute atomic E-state index is 0.107. The molecule has 0 rings (SSSR count). The molecule has 0 aliphatic carbocycles. The second-order valence-electron chi connectivity index (χ2n) is 28.8. The Morgan fingerprint density at radius 3 is 0.732 bits per heavy atom. The Hall–Kier alpha value is -1.94. The normalized spacial score (nSPS) is 14.9. The van der Waals surface area contributed by atoms with E-state index >= 15 is 0 Å². The average molecular weight is 1420 g/mol. The van der Waals surface area contributed by atoms with E-state index in [1.54, 1.807) is 0 Å². The van der Waals surface area contributed by atoms with Crippen LogP contribution in [0.3, 0.4) is 0 Å². The number of hydrogen-bond acceptors (Lipinski definition) is 15. The van der Waals surface area contributed by atoms with Gasteiger partial charge in [0.2, 0.25) is 0 Å². The van der Waals surface area contributed by atoms with Gasteiger partial charge in [0.05, 0.1) is 26.4 Å². The number of unbranched alkanes of at least 4 members (excludes halogenated alkanes) is 41. The molecule has 0 aliphatic heterocycles. The summed E-state index contributed by atoms with van der Waals surface area (Å²) in [7, 11) is -9.92. The Labute approximate surface area is 594 Å². The number of carbonyl (C=O) groups excluding carboxylic acids is 4. The van der Waals surface area contributed by atoms with E-state index in [1.165, 1.54) is 212 Å². The van der Waals surface area contributed by atoms with E-state index in [1.807, 2.05) is 0 Å². The summed E-state index contributed by atoms with van der Waals surface area (Å²) >= 11 is 0. The van der Waals surface area contributed by atoms with Crippen LogP contribution in [0.1, 0.15) is 402 Å². The van der Waals surface area contributed by atoms with Crippen molar-refractivity contribution in [1.82, 2.24) is 0 Å². The van der Waals surface area contributed by atoms with Gasteiger partial charge in [0.1, 0.15) is 19.3 Å². The predicted octanol–water partition coefficient (Wildman–Crippen LogP) is 23.0. The molecular weight excluding hydrogens is 1270 g/mol. The Balaban J connectivity index is 5.27. The average Bonchev–Trinajstić information content (AvgIpc) is 1.29. The highest BCUT2D eigenvalue weighted by molar-refractivity contribution is 7.47. The maximum atomic E-state index is 13.1. The number of phosphoric acid groups is 2. The van der Waals surface area contributed by atoms with Crippen LogP contribution in [0.15, 0.2) is 0 Å². The molecule has 0 amide bonds. The molecule has 0 heterocycles. The van der Waals surface area contributed by atoms with E-state index in [2.05, 4.69) is 48.5 Å². The summed E-state index contributed by atoms with van der Waals surface area (Å²) in [5.74, 6) is 0.320. The van der Waals surface area contributed by atoms with Crippen molar-refractivity contribution in [1.29, 1.82) is 0 Å². The first kappa shape index (κ1) is 95.1. The number of phosphoric ester groups is 2. The van der Waals surface area contributed by atoms with E-state index in [-0.39, 0.29) is 25.7 Å². The van der Waals surface area contributed by atoms with Crippen LogP contribution < -0.4 is 0 Å². The van der Waals surface area contributed by atoms with Crippen LogP contribution in [-0.2, 0) is 65.4 Å². The van der Waals surface area contributed by atoms with Gasteiger partial charge in [-0.25, -0.2) is 9.13 Å². The Bertz CT molecular complexity index is 1890. The number of carbonyl (C=O) groups is 4. The van der Waals surface area contributed by atoms with Crippen LogP contribution in [0.25, 0.3) is 0 Å². The molecule has 0 spiro atoms. The topological polar surface area (TPSA) is 237 Å². The smallest absolute Gasteiger partial charge is 0.462 e. The Morgan fingerprint density at radius 2 is 0.495 bits per heavy atom. The SMILES string of the molecule is CCCCCCCCCCCCCCCC(=O)O[C@H](COC(=O)CCCCCCCCCCC(C)CC)COP(=O)(O)OC[C@H](O)COP(=O)(O)OC[C@@H](COC(=O)CCCCCCCCCCCCC(C)CC)OC(=O)CCCCCCCCCCCCCCCCC(C)CC. The summed E-state index contributed by atoms with van der Waals surface area (Å²) in [4.78, 5) is 72.9. The second-order valence-corrected chi connectivity index (χ2v) is 31.7. The van der Waals surface area contributed by atoms with Crippen molar-refractivity contribution >= 4 is 39.5 Å². The number of aliphatic hydroxyl groups is 1. The van der Waals surface area contributed by atoms with Crippen molar-refractivity contribution in [3.63, 3.8) is 0 Å². The zero-order chi connectivity index (χ0) is 71.6. The monoisotopic (exact) mass is 1420 g/mol. The molecule has 0 aromatic rings. The first-order chi connectivity index (χ1) is 46.8. The minimum Gasteiger partial charge on any atom is -0.462 e. The van der Waals surface area contributed by atoms with Crippen molar-refractivity contribution in [2.24, 2.45) is 17.8 Å². The molecule has 5 unspecified atom stereocenters. The molecular formula is C78H152O17P2. The highest BCUT2D eigenvalue weighted by Crippen LogP contribution is 2.45. The lowest BCUT2D eigenvalue weighted by molar-refractivity contribution is -0.161. The summed E-state index contributed by atoms with van der Waals surface area (Å²) in [6, 6.07) is 0. The molecule has 0 saturated carbocycles. The van der Waals surface area contributed by atoms with Gasteiger partial charge in [-0.2, -0.15) is 0 Å². The van der Waals surface area contributed by atoms with Gasteiger partial charge in [0, 0.05) is 25.7 Å². The van der Waals surface area contributed by atoms with Gasteiger partial charge >= 0.3 is 39.5 Å². The third kappa shape index (κ3) is 68.3. The quantitative estimate of drug-likeness (QED) is 0.0222. The molecule has 8 atom stereocenters. The lowest BCUT2D eigenvalue weighted by atomic mass is 9.99. The molecule has 576 valence electrons. The largest absolute Gasteiger partial charge is 0.472 e. The molecule has 0 aromatic heterocycles. The van der Waals surface area contributed by atoms with Crippen LogP contribution in [-0.4, -0.2) is 96.7 Å². The van der Waals surface area contributed by atoms with Crippen LogP contribution in [0.4, 0.5) is 0 Å². The highest BCUT2D eigenvalue weighted by atomic mass is 31.2. The zero-order valence-corrected chi connectivity index (χ0v) is 65.3. The number of hydrogen-bond donors (Lipinski definition) is 3. The van der Waals surface area contributed by atoms with Gasteiger partial charge in [-0.05, 0) is 43.4 Å². The van der Waals surface area contributed by atoms with Gasteiger partial charge in [0.25, 0.3) is 0 Å². The van der Waals surface area contributed by atoms with Gasteiger partial charge in [0.15, 0.2) is 12.2 Å². The van der Waals surface area contributed by atoms with Crippen molar-refractivity contribution in [3.05, 3.63) is 0 Å². The maximum absolute atomic E-state index is 13.1. The number of ether oxygens (including phenoxy) is 4. The molecule has 0 aliphatic rings. The van der Waals surface area contributed by atoms with Crippen molar-refractivity contribution < 1.29 is 80.2 Å². The summed E-state index contributed by atoms with van der Waals surface area (Å²) < 4.78 is 68.6. The van der Waals surface area contributed by atoms with Gasteiger partial charge in [-0.3, -0.25) is 37.3 Å². The van der Waals surface area contributed by atoms with E-state index in [4.69, 9.17) is 37.0 Å². The number of rotatable bonds is 76. The molecule has 97 heavy (non-hydrogen) atoms. The van der Waals surface area contributed by atoms with Crippen LogP contribution in [0, 0.1) is 17.8 Å². The molecule has 0 bridgehead atoms. The van der Waals surface area contributed by atoms with E-state index < -0.39 is 97.5 Å². The molecule has 17 nitrogen and oxygen atoms in total. The maximum Gasteiger partial charge on any atom is 0.472 e. The lowest BCUT2D eigenvalue weighted by Crippen LogP contribution is -2.30. The standard InChI is InChI=1S/C78H152O17P2/c1-8-12-13-14-15-16-17-20-24-31-40-47-54-61-77(82)95-74(66-89-76(81)60-53-46-39-34-33-37-44-51-58-71(7)11-4)68-93-97(86,87)91-64-72(79)63-90-96(84,85)92-67-73(65-88-75(80)59-52-45-38-30-27-26-29-36-43-50-57-70(6)10-3)94-78(83)62-55-48-41-32-25-22-19-18-21-23-28-35-42-49-56-69(5)9-2/h69-74,79H,8-68H2,1-7H3,(H,84,85)(H,86,87)/t69?,70?,71?,72-,73-,74-/m1/s1. The number of aliphatic hydroxyl groups excluding tert-OH is 1. The summed E-state index contributed by atoms with van der Waals surface area (Å²) in [6.07, 6.45) is 55.2. The lowest BCUT2D eigenvalue weighted by Gasteiger charge is -2.21. The van der Waals surface area contributed by atoms with Gasteiger partial charge in [-0.15, -0.1) is 0 Å². The fourth-order valence-electron chi connectivity index (χ4n) is 11.9. The molecule has 0 saturated heterocycles. The summed E-state index contributed by atoms with van der Waals surface area (Å²) in [6.45, 7) is 12.0. The fourth-order valence-corrected chi connectivity index (χ4v) is 13.4. The van der Waals surface area contributed by atoms with Crippen LogP contribution in [0.2, 0.25) is 0 Å². The molecule has 0 aromatic carbocycles. The predicted molar refractivity (Wildman–Crippen MR) is 395 cm³/mol. The first-order valence-corrected chi connectivity index (χ1v) is 43.5. The summed E-state index contributed by atoms with van der Waals surface area (Å²) in [5.41, 5.74) is 0. The first-order valence-electron chi connectivity index (χ1n) is 40.5. The molecule has 19 heteroatoms. The van der Waals surface area contributed by atoms with E-state index in [9.17, 15) is 43.2 Å². The van der Waals surface area contributed by atoms with Crippen LogP contribution in [0.5, 0.6) is 0 Å². The summed E-state index contributed by atoms with van der Waals surface area (Å²) in [5, 5.41) is 10.6. The van der Waals surface area contributed by atoms with Crippen LogP contribution >= 0.6 is 15.6 Å². The Morgan fingerprint density at radius 1 is 0.289 bits per heavy atom. The third-order valence-electron chi connectivity index (χ3n) is 19.2. The van der Waals surface area contributed by atoms with Crippen molar-refractivity contribution in [2.45, 2.75) is 420 Å². The minimum atomic E-state index is -4.96. The zero-order valence-electron chi connectivity index (χ0n) is 63.5. The fraction of sp³-hybridized carbons (Fsp3) is 0.949. The Kier molecular flexibility index (Phi) is 67.1. The molecule has 0 radical (unpaired) electrons. The molecule has 0 fully saturated rings. The van der Waals surface area contributed by atoms with Crippen molar-refractivity contribution in [2.75, 3.05) is 39.6 Å². The van der Waals surface area contributed by atoms with Gasteiger partial charge in [-0.1, -0.05) is 350 Å².